The number of hydrogen-bond donors (Lipinski definition) is 0. The summed E-state index contributed by atoms with van der Waals surface area (Å²) in [5, 5.41) is 2.65. The molecule has 0 unspecified atom stereocenters. The summed E-state index contributed by atoms with van der Waals surface area (Å²) in [5.41, 5.74) is 3.75. The van der Waals surface area contributed by atoms with E-state index >= 15 is 0 Å². The van der Waals surface area contributed by atoms with Crippen LogP contribution < -0.4 is 0 Å². The molecule has 0 spiro atoms. The molecule has 3 aromatic carbocycles. The van der Waals surface area contributed by atoms with E-state index in [1.54, 1.807) is 12.1 Å². The van der Waals surface area contributed by atoms with Gasteiger partial charge in [0, 0.05) is 5.02 Å². The van der Waals surface area contributed by atoms with Gasteiger partial charge in [0.05, 0.1) is 20.1 Å². The fourth-order valence-electron chi connectivity index (χ4n) is 2.27. The highest BCUT2D eigenvalue weighted by molar-refractivity contribution is 6.42. The lowest BCUT2D eigenvalue weighted by atomic mass is 9.99. The Labute approximate surface area is 159 Å². The second-order valence-electron chi connectivity index (χ2n) is 4.99. The highest BCUT2D eigenvalue weighted by atomic mass is 35.5. The third-order valence-electron chi connectivity index (χ3n) is 3.40. The summed E-state index contributed by atoms with van der Waals surface area (Å²) < 4.78 is 0. The van der Waals surface area contributed by atoms with Crippen molar-refractivity contribution in [1.82, 2.24) is 0 Å². The van der Waals surface area contributed by atoms with E-state index < -0.39 is 0 Å². The van der Waals surface area contributed by atoms with Crippen molar-refractivity contribution in [2.45, 2.75) is 0 Å². The third kappa shape index (κ3) is 3.79. The van der Waals surface area contributed by atoms with Gasteiger partial charge in [-0.15, -0.1) is 0 Å². The SMILES string of the molecule is Clc1cc(-c2ccc(Cl)c(Cl)c2)cc(-c2ccc(Cl)c(Cl)c2)c1. The van der Waals surface area contributed by atoms with Gasteiger partial charge in [0.15, 0.2) is 0 Å². The molecule has 0 N–H and O–H groups in total. The van der Waals surface area contributed by atoms with Crippen LogP contribution >= 0.6 is 58.0 Å². The summed E-state index contributed by atoms with van der Waals surface area (Å²) in [6, 6.07) is 16.7. The van der Waals surface area contributed by atoms with E-state index in [0.29, 0.717) is 25.1 Å². The van der Waals surface area contributed by atoms with Crippen molar-refractivity contribution >= 4 is 58.0 Å². The quantitative estimate of drug-likeness (QED) is 0.404. The molecule has 0 aliphatic carbocycles. The summed E-state index contributed by atoms with van der Waals surface area (Å²) >= 11 is 30.4. The molecule has 5 heteroatoms. The maximum atomic E-state index is 6.27. The van der Waals surface area contributed by atoms with Crippen LogP contribution in [-0.2, 0) is 0 Å². The Morgan fingerprint density at radius 1 is 0.391 bits per heavy atom. The number of halogens is 5. The highest BCUT2D eigenvalue weighted by Gasteiger charge is 2.08. The number of hydrogen-bond acceptors (Lipinski definition) is 0. The molecular weight excluding hydrogens is 393 g/mol. The van der Waals surface area contributed by atoms with Crippen molar-refractivity contribution < 1.29 is 0 Å². The zero-order valence-corrected chi connectivity index (χ0v) is 15.4. The van der Waals surface area contributed by atoms with E-state index in [4.69, 9.17) is 58.0 Å². The Hall–Kier alpha value is -0.890. The van der Waals surface area contributed by atoms with Crippen LogP contribution in [0.25, 0.3) is 22.3 Å². The second kappa shape index (κ2) is 6.93. The van der Waals surface area contributed by atoms with Gasteiger partial charge in [0.2, 0.25) is 0 Å². The summed E-state index contributed by atoms with van der Waals surface area (Å²) in [6.07, 6.45) is 0. The maximum Gasteiger partial charge on any atom is 0.0598 e. The first-order chi connectivity index (χ1) is 10.9. The van der Waals surface area contributed by atoms with Crippen molar-refractivity contribution in [3.05, 3.63) is 79.7 Å². The van der Waals surface area contributed by atoms with Crippen molar-refractivity contribution in [2.24, 2.45) is 0 Å². The minimum atomic E-state index is 0.500. The number of rotatable bonds is 2. The minimum Gasteiger partial charge on any atom is -0.0843 e. The first-order valence-corrected chi connectivity index (χ1v) is 8.54. The molecule has 0 aromatic heterocycles. The molecule has 0 saturated heterocycles. The topological polar surface area (TPSA) is 0 Å². The Balaban J connectivity index is 2.11. The van der Waals surface area contributed by atoms with E-state index in [1.807, 2.05) is 42.5 Å². The Kier molecular flexibility index (Phi) is 5.10. The molecule has 0 radical (unpaired) electrons. The summed E-state index contributed by atoms with van der Waals surface area (Å²) in [7, 11) is 0. The zero-order valence-electron chi connectivity index (χ0n) is 11.6. The molecule has 116 valence electrons. The van der Waals surface area contributed by atoms with E-state index in [0.717, 1.165) is 22.3 Å². The highest BCUT2D eigenvalue weighted by Crippen LogP contribution is 2.35. The third-order valence-corrected chi connectivity index (χ3v) is 5.10. The Morgan fingerprint density at radius 3 is 1.22 bits per heavy atom. The molecule has 0 aliphatic rings. The normalized spacial score (nSPS) is 10.8. The first kappa shape index (κ1) is 17.0. The predicted octanol–water partition coefficient (Wildman–Crippen LogP) is 8.29. The summed E-state index contributed by atoms with van der Waals surface area (Å²) in [4.78, 5) is 0. The van der Waals surface area contributed by atoms with Gasteiger partial charge in [0.25, 0.3) is 0 Å². The minimum absolute atomic E-state index is 0.500. The molecule has 0 aliphatic heterocycles. The molecule has 0 atom stereocenters. The molecule has 23 heavy (non-hydrogen) atoms. The van der Waals surface area contributed by atoms with Crippen LogP contribution in [0.1, 0.15) is 0 Å². The largest absolute Gasteiger partial charge is 0.0843 e. The average Bonchev–Trinajstić information content (AvgIpc) is 2.52. The molecule has 0 bridgehead atoms. The molecule has 3 rings (SSSR count). The Bertz CT molecular complexity index is 817. The van der Waals surface area contributed by atoms with Gasteiger partial charge in [-0.3, -0.25) is 0 Å². The molecule has 0 heterocycles. The fourth-order valence-corrected chi connectivity index (χ4v) is 3.11. The molecule has 3 aromatic rings. The smallest absolute Gasteiger partial charge is 0.0598 e. The van der Waals surface area contributed by atoms with Gasteiger partial charge in [-0.05, 0) is 64.7 Å². The second-order valence-corrected chi connectivity index (χ2v) is 7.05. The van der Waals surface area contributed by atoms with Crippen LogP contribution in [0.4, 0.5) is 0 Å². The standard InChI is InChI=1S/C18H9Cl5/c19-14-6-12(10-1-3-15(20)17(22)8-10)5-13(7-14)11-2-4-16(21)18(23)9-11/h1-9H. The van der Waals surface area contributed by atoms with Crippen molar-refractivity contribution in [3.8, 4) is 22.3 Å². The van der Waals surface area contributed by atoms with E-state index in [2.05, 4.69) is 0 Å². The van der Waals surface area contributed by atoms with Crippen LogP contribution in [0.3, 0.4) is 0 Å². The van der Waals surface area contributed by atoms with E-state index in [-0.39, 0.29) is 0 Å². The average molecular weight is 403 g/mol. The van der Waals surface area contributed by atoms with Gasteiger partial charge in [-0.25, -0.2) is 0 Å². The van der Waals surface area contributed by atoms with Crippen LogP contribution in [0.2, 0.25) is 25.1 Å². The lowest BCUT2D eigenvalue weighted by Gasteiger charge is -2.09. The van der Waals surface area contributed by atoms with Crippen LogP contribution in [0, 0.1) is 0 Å². The Morgan fingerprint density at radius 2 is 0.826 bits per heavy atom. The van der Waals surface area contributed by atoms with Crippen molar-refractivity contribution in [2.75, 3.05) is 0 Å². The van der Waals surface area contributed by atoms with Crippen molar-refractivity contribution in [3.63, 3.8) is 0 Å². The molecule has 0 saturated carbocycles. The van der Waals surface area contributed by atoms with E-state index in [9.17, 15) is 0 Å². The van der Waals surface area contributed by atoms with Gasteiger partial charge in [0.1, 0.15) is 0 Å². The van der Waals surface area contributed by atoms with Gasteiger partial charge in [-0.2, -0.15) is 0 Å². The van der Waals surface area contributed by atoms with Crippen molar-refractivity contribution in [1.29, 1.82) is 0 Å². The molecule has 0 amide bonds. The lowest BCUT2D eigenvalue weighted by molar-refractivity contribution is 1.58. The molecular formula is C18H9Cl5. The number of benzene rings is 3. The summed E-state index contributed by atoms with van der Waals surface area (Å²) in [6.45, 7) is 0. The van der Waals surface area contributed by atoms with Crippen LogP contribution in [0.15, 0.2) is 54.6 Å². The molecule has 0 fully saturated rings. The first-order valence-electron chi connectivity index (χ1n) is 6.65. The molecule has 0 nitrogen and oxygen atoms in total. The fraction of sp³-hybridized carbons (Fsp3) is 0. The zero-order chi connectivity index (χ0) is 16.6. The van der Waals surface area contributed by atoms with Gasteiger partial charge >= 0.3 is 0 Å². The maximum absolute atomic E-state index is 6.27. The summed E-state index contributed by atoms with van der Waals surface area (Å²) in [5.74, 6) is 0. The van der Waals surface area contributed by atoms with Gasteiger partial charge < -0.3 is 0 Å². The van der Waals surface area contributed by atoms with Crippen LogP contribution in [-0.4, -0.2) is 0 Å². The van der Waals surface area contributed by atoms with Crippen LogP contribution in [0.5, 0.6) is 0 Å². The lowest BCUT2D eigenvalue weighted by Crippen LogP contribution is -1.84. The monoisotopic (exact) mass is 400 g/mol. The van der Waals surface area contributed by atoms with E-state index in [1.165, 1.54) is 0 Å². The van der Waals surface area contributed by atoms with Gasteiger partial charge in [-0.1, -0.05) is 70.1 Å². The predicted molar refractivity (Wildman–Crippen MR) is 102 cm³/mol.